The minimum atomic E-state index is -0.0235. The normalized spacial score (nSPS) is 17.9. The van der Waals surface area contributed by atoms with Crippen LogP contribution in [0.15, 0.2) is 85.1 Å². The minimum absolute atomic E-state index is 0.0235. The second kappa shape index (κ2) is 8.73. The molecule has 0 bridgehead atoms. The average Bonchev–Trinajstić information content (AvgIpc) is 3.39. The van der Waals surface area contributed by atoms with Gasteiger partial charge in [-0.15, -0.1) is 11.3 Å². The van der Waals surface area contributed by atoms with E-state index in [4.69, 9.17) is 17.0 Å². The molecule has 0 saturated carbocycles. The van der Waals surface area contributed by atoms with E-state index in [1.807, 2.05) is 61.7 Å². The van der Waals surface area contributed by atoms with Gasteiger partial charge in [-0.2, -0.15) is 0 Å². The molecule has 160 valence electrons. The first-order chi connectivity index (χ1) is 15.6. The molecule has 1 aliphatic heterocycles. The summed E-state index contributed by atoms with van der Waals surface area (Å²) in [7, 11) is 0. The number of benzene rings is 2. The number of thiocarbonyl (C=S) groups is 1. The summed E-state index contributed by atoms with van der Waals surface area (Å²) >= 11 is 7.60. The highest BCUT2D eigenvalue weighted by atomic mass is 32.1. The Morgan fingerprint density at radius 3 is 2.41 bits per heavy atom. The van der Waals surface area contributed by atoms with Crippen LogP contribution in [0.2, 0.25) is 0 Å². The Morgan fingerprint density at radius 1 is 0.938 bits per heavy atom. The highest BCUT2D eigenvalue weighted by molar-refractivity contribution is 7.80. The molecule has 0 radical (unpaired) electrons. The van der Waals surface area contributed by atoms with Crippen LogP contribution in [0.4, 0.5) is 5.69 Å². The minimum Gasteiger partial charge on any atom is -0.457 e. The molecule has 0 unspecified atom stereocenters. The summed E-state index contributed by atoms with van der Waals surface area (Å²) < 4.78 is 6.08. The quantitative estimate of drug-likeness (QED) is 0.336. The third-order valence-corrected chi connectivity index (χ3v) is 6.97. The van der Waals surface area contributed by atoms with Gasteiger partial charge in [0.05, 0.1) is 17.8 Å². The Labute approximate surface area is 197 Å². The number of hydrogen-bond acceptors (Lipinski definition) is 4. The number of ether oxygens (including phenoxy) is 1. The molecule has 4 nitrogen and oxygen atoms in total. The molecule has 0 spiro atoms. The maximum absolute atomic E-state index is 6.08. The van der Waals surface area contributed by atoms with Crippen molar-refractivity contribution >= 4 is 34.4 Å². The molecule has 0 aliphatic carbocycles. The van der Waals surface area contributed by atoms with Gasteiger partial charge < -0.3 is 15.0 Å². The highest BCUT2D eigenvalue weighted by Gasteiger charge is 2.41. The van der Waals surface area contributed by atoms with Gasteiger partial charge in [-0.25, -0.2) is 0 Å². The predicted molar refractivity (Wildman–Crippen MR) is 135 cm³/mol. The second-order valence-electron chi connectivity index (χ2n) is 7.81. The molecule has 4 aromatic rings. The molecule has 1 saturated heterocycles. The highest BCUT2D eigenvalue weighted by Crippen LogP contribution is 2.44. The van der Waals surface area contributed by atoms with Crippen LogP contribution in [0.3, 0.4) is 0 Å². The number of hydrogen-bond donors (Lipinski definition) is 1. The van der Waals surface area contributed by atoms with Crippen LogP contribution in [0.25, 0.3) is 0 Å². The van der Waals surface area contributed by atoms with Crippen LogP contribution >= 0.6 is 23.6 Å². The number of aryl methyl sites for hydroxylation is 2. The summed E-state index contributed by atoms with van der Waals surface area (Å²) in [6, 6.07) is 26.5. The number of aromatic nitrogens is 1. The van der Waals surface area contributed by atoms with Crippen LogP contribution in [-0.2, 0) is 0 Å². The summed E-state index contributed by atoms with van der Waals surface area (Å²) in [6.07, 6.45) is 1.83. The molecule has 3 heterocycles. The largest absolute Gasteiger partial charge is 0.457 e. The van der Waals surface area contributed by atoms with Crippen LogP contribution in [0.1, 0.15) is 33.1 Å². The van der Waals surface area contributed by atoms with E-state index >= 15 is 0 Å². The van der Waals surface area contributed by atoms with Crippen molar-refractivity contribution in [2.45, 2.75) is 25.9 Å². The monoisotopic (exact) mass is 457 g/mol. The number of para-hydroxylation sites is 1. The van der Waals surface area contributed by atoms with Crippen molar-refractivity contribution in [2.24, 2.45) is 0 Å². The Kier molecular flexibility index (Phi) is 5.64. The Balaban J connectivity index is 1.48. The summed E-state index contributed by atoms with van der Waals surface area (Å²) in [5.41, 5.74) is 3.11. The van der Waals surface area contributed by atoms with Gasteiger partial charge in [-0.1, -0.05) is 24.3 Å². The fourth-order valence-electron chi connectivity index (χ4n) is 4.01. The lowest BCUT2D eigenvalue weighted by molar-refractivity contribution is 0.479. The molecule has 32 heavy (non-hydrogen) atoms. The van der Waals surface area contributed by atoms with E-state index in [0.717, 1.165) is 28.4 Å². The van der Waals surface area contributed by atoms with Gasteiger partial charge in [-0.3, -0.25) is 4.98 Å². The molecule has 5 rings (SSSR count). The van der Waals surface area contributed by atoms with Crippen molar-refractivity contribution in [2.75, 3.05) is 4.90 Å². The van der Waals surface area contributed by atoms with Crippen LogP contribution in [0.5, 0.6) is 11.5 Å². The van der Waals surface area contributed by atoms with Crippen LogP contribution in [-0.4, -0.2) is 10.1 Å². The molecule has 1 fully saturated rings. The van der Waals surface area contributed by atoms with Crippen LogP contribution < -0.4 is 15.0 Å². The topological polar surface area (TPSA) is 37.4 Å². The summed E-state index contributed by atoms with van der Waals surface area (Å²) in [6.45, 7) is 4.18. The maximum Gasteiger partial charge on any atom is 0.174 e. The third kappa shape index (κ3) is 3.99. The zero-order valence-corrected chi connectivity index (χ0v) is 19.5. The summed E-state index contributed by atoms with van der Waals surface area (Å²) in [4.78, 5) is 9.34. The van der Waals surface area contributed by atoms with Gasteiger partial charge in [0.15, 0.2) is 5.11 Å². The number of thiophene rings is 1. The van der Waals surface area contributed by atoms with Gasteiger partial charge in [0.2, 0.25) is 0 Å². The first-order valence-corrected chi connectivity index (χ1v) is 11.7. The van der Waals surface area contributed by atoms with E-state index in [-0.39, 0.29) is 12.1 Å². The van der Waals surface area contributed by atoms with E-state index in [1.54, 1.807) is 11.3 Å². The van der Waals surface area contributed by atoms with E-state index < -0.39 is 0 Å². The first-order valence-electron chi connectivity index (χ1n) is 10.5. The van der Waals surface area contributed by atoms with Gasteiger partial charge in [-0.05, 0) is 86.2 Å². The van der Waals surface area contributed by atoms with E-state index in [9.17, 15) is 0 Å². The fraction of sp³-hybridized carbons (Fsp3) is 0.154. The fourth-order valence-corrected chi connectivity index (χ4v) is 5.36. The molecule has 0 amide bonds. The zero-order valence-electron chi connectivity index (χ0n) is 17.9. The van der Waals surface area contributed by atoms with Crippen molar-refractivity contribution in [3.8, 4) is 11.5 Å². The Morgan fingerprint density at radius 2 is 1.72 bits per heavy atom. The molecular weight excluding hydrogens is 434 g/mol. The van der Waals surface area contributed by atoms with Crippen LogP contribution in [0, 0.1) is 13.8 Å². The van der Waals surface area contributed by atoms with Crippen molar-refractivity contribution in [1.29, 1.82) is 0 Å². The Hall–Kier alpha value is -3.22. The molecule has 2 aromatic heterocycles. The molecule has 1 aliphatic rings. The molecule has 1 N–H and O–H groups in total. The van der Waals surface area contributed by atoms with Gasteiger partial charge >= 0.3 is 0 Å². The Bertz CT molecular complexity index is 1240. The number of anilines is 1. The lowest BCUT2D eigenvalue weighted by atomic mass is 10.0. The van der Waals surface area contributed by atoms with E-state index in [0.29, 0.717) is 5.11 Å². The summed E-state index contributed by atoms with van der Waals surface area (Å²) in [5, 5.41) is 4.21. The van der Waals surface area contributed by atoms with Crippen molar-refractivity contribution in [3.05, 3.63) is 106 Å². The molecular formula is C26H23N3OS2. The van der Waals surface area contributed by atoms with Gasteiger partial charge in [0.25, 0.3) is 0 Å². The van der Waals surface area contributed by atoms with Gasteiger partial charge in [0.1, 0.15) is 11.5 Å². The van der Waals surface area contributed by atoms with Crippen molar-refractivity contribution in [1.82, 2.24) is 10.3 Å². The van der Waals surface area contributed by atoms with E-state index in [2.05, 4.69) is 52.5 Å². The SMILES string of the molecule is Cc1ccc([C@@H]2[C@H](c3ccccn3)NC(=S)N2c2ccc(Oc3ccccc3C)cc2)s1. The number of pyridine rings is 1. The van der Waals surface area contributed by atoms with Gasteiger partial charge in [0, 0.05) is 21.6 Å². The molecule has 2 aromatic carbocycles. The third-order valence-electron chi connectivity index (χ3n) is 5.59. The van der Waals surface area contributed by atoms with Crippen molar-refractivity contribution < 1.29 is 4.74 Å². The van der Waals surface area contributed by atoms with Crippen molar-refractivity contribution in [3.63, 3.8) is 0 Å². The molecule has 2 atom stereocenters. The lowest BCUT2D eigenvalue weighted by Crippen LogP contribution is -2.28. The molecule has 6 heteroatoms. The number of rotatable bonds is 5. The number of nitrogens with one attached hydrogen (secondary N) is 1. The summed E-state index contributed by atoms with van der Waals surface area (Å²) in [5.74, 6) is 1.66. The first kappa shape index (κ1) is 20.7. The lowest BCUT2D eigenvalue weighted by Gasteiger charge is -2.27. The predicted octanol–water partition coefficient (Wildman–Crippen LogP) is 6.73. The zero-order chi connectivity index (χ0) is 22.1. The second-order valence-corrected chi connectivity index (χ2v) is 9.51. The standard InChI is InChI=1S/C26H23N3OS2/c1-17-7-3-4-9-22(17)30-20-13-11-19(12-14-20)29-25(23-15-10-18(2)32-23)24(28-26(29)31)21-8-5-6-16-27-21/h3-16,24-25H,1-2H3,(H,28,31)/t24-,25+/m0/s1. The number of nitrogens with zero attached hydrogens (tertiary/aromatic N) is 2. The smallest absolute Gasteiger partial charge is 0.174 e. The van der Waals surface area contributed by atoms with E-state index in [1.165, 1.54) is 9.75 Å². The maximum atomic E-state index is 6.08. The average molecular weight is 458 g/mol.